The van der Waals surface area contributed by atoms with Gasteiger partial charge in [-0.2, -0.15) is 0 Å². The zero-order chi connectivity index (χ0) is 28.1. The Morgan fingerprint density at radius 2 is 1.32 bits per heavy atom. The summed E-state index contributed by atoms with van der Waals surface area (Å²) in [5.74, 6) is 8.06. The van der Waals surface area contributed by atoms with Crippen LogP contribution in [0.15, 0.2) is 128 Å². The largest absolute Gasteiger partial charge is 0.491 e. The van der Waals surface area contributed by atoms with Crippen molar-refractivity contribution in [3.63, 3.8) is 0 Å². The normalized spacial score (nSPS) is 11.3. The molecule has 0 fully saturated rings. The molecule has 1 heterocycles. The predicted octanol–water partition coefficient (Wildman–Crippen LogP) is 7.65. The second-order valence-corrected chi connectivity index (χ2v) is 10.1. The zero-order valence-corrected chi connectivity index (χ0v) is 23.3. The van der Waals surface area contributed by atoms with E-state index in [2.05, 4.69) is 52.9 Å². The fourth-order valence-electron chi connectivity index (χ4n) is 5.08. The summed E-state index contributed by atoms with van der Waals surface area (Å²) >= 11 is 6.24. The van der Waals surface area contributed by atoms with Gasteiger partial charge in [0.1, 0.15) is 22.8 Å². The van der Waals surface area contributed by atoms with Crippen LogP contribution in [0.3, 0.4) is 0 Å². The molecular formula is C34H31ClN4O. The van der Waals surface area contributed by atoms with Crippen molar-refractivity contribution in [2.45, 2.75) is 25.5 Å². The van der Waals surface area contributed by atoms with Crippen molar-refractivity contribution in [2.75, 3.05) is 5.01 Å². The van der Waals surface area contributed by atoms with Gasteiger partial charge in [0.2, 0.25) is 0 Å². The molecule has 0 amide bonds. The Morgan fingerprint density at radius 1 is 0.800 bits per heavy atom. The van der Waals surface area contributed by atoms with Crippen LogP contribution < -0.4 is 15.6 Å². The first-order valence-corrected chi connectivity index (χ1v) is 13.5. The number of rotatable bonds is 9. The maximum atomic E-state index is 7.36. The van der Waals surface area contributed by atoms with Crippen LogP contribution in [0, 0.1) is 0 Å². The fraction of sp³-hybridized carbons (Fsp3) is 0.118. The predicted molar refractivity (Wildman–Crippen MR) is 163 cm³/mol. The summed E-state index contributed by atoms with van der Waals surface area (Å²) in [7, 11) is 0. The molecule has 5 nitrogen and oxygen atoms in total. The van der Waals surface area contributed by atoms with E-state index in [1.807, 2.05) is 91.7 Å². The molecule has 0 saturated heterocycles. The summed E-state index contributed by atoms with van der Waals surface area (Å²) in [4.78, 5) is 8.49. The van der Waals surface area contributed by atoms with Crippen LogP contribution in [0.1, 0.15) is 41.8 Å². The van der Waals surface area contributed by atoms with Crippen molar-refractivity contribution in [1.29, 1.82) is 0 Å². The lowest BCUT2D eigenvalue weighted by Crippen LogP contribution is -2.53. The van der Waals surface area contributed by atoms with Gasteiger partial charge < -0.3 is 4.74 Å². The summed E-state index contributed by atoms with van der Waals surface area (Å²) < 4.78 is 6.08. The van der Waals surface area contributed by atoms with Crippen molar-refractivity contribution in [2.24, 2.45) is 5.84 Å². The lowest BCUT2D eigenvalue weighted by Gasteiger charge is -2.45. The Balaban J connectivity index is 1.80. The van der Waals surface area contributed by atoms with Crippen LogP contribution in [-0.4, -0.2) is 16.1 Å². The second-order valence-electron chi connectivity index (χ2n) is 9.73. The minimum Gasteiger partial charge on any atom is -0.491 e. The molecule has 0 radical (unpaired) electrons. The van der Waals surface area contributed by atoms with Gasteiger partial charge in [0.05, 0.1) is 17.5 Å². The highest BCUT2D eigenvalue weighted by atomic mass is 35.5. The average molecular weight is 547 g/mol. The summed E-state index contributed by atoms with van der Waals surface area (Å²) in [6.07, 6.45) is 1.42. The van der Waals surface area contributed by atoms with Gasteiger partial charge in [-0.3, -0.25) is 5.01 Å². The monoisotopic (exact) mass is 546 g/mol. The quantitative estimate of drug-likeness (QED) is 0.0890. The summed E-state index contributed by atoms with van der Waals surface area (Å²) in [6.45, 7) is 8.40. The van der Waals surface area contributed by atoms with E-state index in [-0.39, 0.29) is 6.10 Å². The molecule has 0 atom stereocenters. The molecule has 5 aromatic rings. The van der Waals surface area contributed by atoms with Gasteiger partial charge >= 0.3 is 0 Å². The molecule has 0 bridgehead atoms. The highest BCUT2D eigenvalue weighted by Gasteiger charge is 2.42. The molecule has 200 valence electrons. The second kappa shape index (κ2) is 11.7. The van der Waals surface area contributed by atoms with Gasteiger partial charge in [-0.25, -0.2) is 15.8 Å². The van der Waals surface area contributed by atoms with Crippen molar-refractivity contribution in [3.05, 3.63) is 161 Å². The molecule has 2 N–H and O–H groups in total. The fourth-order valence-corrected chi connectivity index (χ4v) is 5.23. The maximum Gasteiger partial charge on any atom is 0.133 e. The van der Waals surface area contributed by atoms with Gasteiger partial charge in [-0.1, -0.05) is 109 Å². The van der Waals surface area contributed by atoms with E-state index in [9.17, 15) is 0 Å². The number of ether oxygens (including phenoxy) is 1. The molecule has 40 heavy (non-hydrogen) atoms. The van der Waals surface area contributed by atoms with E-state index >= 15 is 0 Å². The molecule has 0 aliphatic carbocycles. The molecule has 5 rings (SSSR count). The van der Waals surface area contributed by atoms with Crippen LogP contribution in [0.5, 0.6) is 5.75 Å². The Kier molecular flexibility index (Phi) is 7.96. The number of hydrogen-bond donors (Lipinski definition) is 1. The zero-order valence-electron chi connectivity index (χ0n) is 22.5. The van der Waals surface area contributed by atoms with E-state index in [1.54, 1.807) is 6.07 Å². The molecule has 0 unspecified atom stereocenters. The molecule has 0 saturated carbocycles. The first-order chi connectivity index (χ1) is 19.4. The third kappa shape index (κ3) is 5.22. The number of benzene rings is 4. The first-order valence-electron chi connectivity index (χ1n) is 13.1. The van der Waals surface area contributed by atoms with E-state index in [1.165, 1.54) is 6.33 Å². The van der Waals surface area contributed by atoms with Gasteiger partial charge in [0.25, 0.3) is 0 Å². The van der Waals surface area contributed by atoms with E-state index < -0.39 is 5.54 Å². The SMILES string of the molecule is C=C(c1cc(Cl)ncn1)c1cc(OC(C)C)ccc1N(N)C(c1ccccc1)(c1ccccc1)c1ccccc1. The van der Waals surface area contributed by atoms with Crippen LogP contribution in [0.4, 0.5) is 5.69 Å². The van der Waals surface area contributed by atoms with Gasteiger partial charge in [0, 0.05) is 17.2 Å². The van der Waals surface area contributed by atoms with E-state index in [0.29, 0.717) is 22.2 Å². The van der Waals surface area contributed by atoms with Crippen LogP contribution in [0.2, 0.25) is 5.15 Å². The number of aromatic nitrogens is 2. The smallest absolute Gasteiger partial charge is 0.133 e. The summed E-state index contributed by atoms with van der Waals surface area (Å²) in [5.41, 5.74) is 4.91. The Labute approximate surface area is 240 Å². The number of hydrazine groups is 1. The molecule has 0 spiro atoms. The molecular weight excluding hydrogens is 516 g/mol. The summed E-state index contributed by atoms with van der Waals surface area (Å²) in [5, 5.41) is 2.16. The van der Waals surface area contributed by atoms with E-state index in [4.69, 9.17) is 22.2 Å². The minimum atomic E-state index is -0.886. The van der Waals surface area contributed by atoms with Crippen molar-refractivity contribution < 1.29 is 4.74 Å². The standard InChI is InChI=1S/C34H31ClN4O/c1-24(2)40-29-19-20-32(30(21-29)25(3)31-22-33(35)38-23-37-31)39(36)34(26-13-7-4-8-14-26,27-15-9-5-10-16-27)28-17-11-6-12-18-28/h4-24H,3,36H2,1-2H3. The van der Waals surface area contributed by atoms with Crippen molar-refractivity contribution in [1.82, 2.24) is 9.97 Å². The number of halogens is 1. The molecule has 0 aliphatic rings. The first kappa shape index (κ1) is 27.1. The van der Waals surface area contributed by atoms with Crippen LogP contribution >= 0.6 is 11.6 Å². The summed E-state index contributed by atoms with van der Waals surface area (Å²) in [6, 6.07) is 38.4. The average Bonchev–Trinajstić information content (AvgIpc) is 2.98. The molecule has 6 heteroatoms. The molecule has 0 aliphatic heterocycles. The van der Waals surface area contributed by atoms with Crippen molar-refractivity contribution in [3.8, 4) is 5.75 Å². The lowest BCUT2D eigenvalue weighted by atomic mass is 9.76. The maximum absolute atomic E-state index is 7.36. The third-order valence-corrected chi connectivity index (χ3v) is 7.01. The molecule has 1 aromatic heterocycles. The van der Waals surface area contributed by atoms with Crippen LogP contribution in [-0.2, 0) is 5.54 Å². The number of nitrogens with zero attached hydrogens (tertiary/aromatic N) is 3. The topological polar surface area (TPSA) is 64.3 Å². The van der Waals surface area contributed by atoms with Crippen molar-refractivity contribution >= 4 is 22.9 Å². The lowest BCUT2D eigenvalue weighted by molar-refractivity contribution is 0.242. The Bertz CT molecular complexity index is 1490. The number of hydrogen-bond acceptors (Lipinski definition) is 5. The van der Waals surface area contributed by atoms with Gasteiger partial charge in [-0.05, 0) is 48.7 Å². The molecule has 4 aromatic carbocycles. The third-order valence-electron chi connectivity index (χ3n) is 6.80. The minimum absolute atomic E-state index is 0.00788. The van der Waals surface area contributed by atoms with Gasteiger partial charge in [0.15, 0.2) is 0 Å². The number of anilines is 1. The Morgan fingerprint density at radius 3 is 1.80 bits per heavy atom. The van der Waals surface area contributed by atoms with Gasteiger partial charge in [-0.15, -0.1) is 0 Å². The van der Waals surface area contributed by atoms with Crippen LogP contribution in [0.25, 0.3) is 5.57 Å². The highest BCUT2D eigenvalue weighted by Crippen LogP contribution is 2.45. The highest BCUT2D eigenvalue weighted by molar-refractivity contribution is 6.29. The van der Waals surface area contributed by atoms with E-state index in [0.717, 1.165) is 27.9 Å². The number of nitrogens with two attached hydrogens (primary N) is 1. The Hall–Kier alpha value is -4.45.